The first kappa shape index (κ1) is 15.0. The molecule has 3 aromatic rings. The van der Waals surface area contributed by atoms with Gasteiger partial charge in [-0.1, -0.05) is 31.2 Å². The van der Waals surface area contributed by atoms with Crippen LogP contribution in [0, 0.1) is 6.92 Å². The quantitative estimate of drug-likeness (QED) is 0.789. The zero-order valence-corrected chi connectivity index (χ0v) is 13.0. The number of rotatable bonds is 4. The van der Waals surface area contributed by atoms with E-state index >= 15 is 0 Å². The van der Waals surface area contributed by atoms with Crippen LogP contribution in [0.4, 0.5) is 5.69 Å². The molecular formula is C18H17N3O2. The van der Waals surface area contributed by atoms with Crippen LogP contribution in [0.25, 0.3) is 22.9 Å². The minimum absolute atomic E-state index is 0.0340. The van der Waals surface area contributed by atoms with Crippen LogP contribution < -0.4 is 5.32 Å². The van der Waals surface area contributed by atoms with Gasteiger partial charge in [0, 0.05) is 23.2 Å². The first-order valence-corrected chi connectivity index (χ1v) is 7.47. The third kappa shape index (κ3) is 3.29. The number of aryl methyl sites for hydroxylation is 1. The number of carbonyl (C=O) groups excluding carboxylic acids is 1. The summed E-state index contributed by atoms with van der Waals surface area (Å²) in [6.07, 6.45) is 0.433. The summed E-state index contributed by atoms with van der Waals surface area (Å²) in [6.45, 7) is 3.81. The number of nitrogens with one attached hydrogen (secondary N) is 1. The Morgan fingerprint density at radius 1 is 1.09 bits per heavy atom. The maximum absolute atomic E-state index is 11.5. The second-order valence-electron chi connectivity index (χ2n) is 5.21. The molecule has 1 heterocycles. The predicted molar refractivity (Wildman–Crippen MR) is 88.8 cm³/mol. The van der Waals surface area contributed by atoms with Crippen LogP contribution in [-0.4, -0.2) is 16.1 Å². The molecular weight excluding hydrogens is 290 g/mol. The van der Waals surface area contributed by atoms with E-state index in [-0.39, 0.29) is 5.91 Å². The predicted octanol–water partition coefficient (Wildman–Crippen LogP) is 4.06. The fraction of sp³-hybridized carbons (Fsp3) is 0.167. The van der Waals surface area contributed by atoms with Gasteiger partial charge < -0.3 is 9.73 Å². The van der Waals surface area contributed by atoms with Crippen molar-refractivity contribution in [3.63, 3.8) is 0 Å². The van der Waals surface area contributed by atoms with Gasteiger partial charge in [-0.05, 0) is 36.8 Å². The molecule has 0 unspecified atom stereocenters. The fourth-order valence-corrected chi connectivity index (χ4v) is 2.24. The number of hydrogen-bond donors (Lipinski definition) is 1. The highest BCUT2D eigenvalue weighted by Gasteiger charge is 2.12. The zero-order chi connectivity index (χ0) is 16.2. The molecule has 0 radical (unpaired) electrons. The van der Waals surface area contributed by atoms with E-state index in [4.69, 9.17) is 4.42 Å². The lowest BCUT2D eigenvalue weighted by Gasteiger charge is -2.04. The molecule has 1 N–H and O–H groups in total. The molecule has 5 heteroatoms. The maximum Gasteiger partial charge on any atom is 0.248 e. The van der Waals surface area contributed by atoms with Crippen LogP contribution >= 0.6 is 0 Å². The smallest absolute Gasteiger partial charge is 0.248 e. The molecule has 23 heavy (non-hydrogen) atoms. The molecule has 0 bridgehead atoms. The lowest BCUT2D eigenvalue weighted by molar-refractivity contribution is -0.115. The maximum atomic E-state index is 11.5. The summed E-state index contributed by atoms with van der Waals surface area (Å²) in [7, 11) is 0. The highest BCUT2D eigenvalue weighted by atomic mass is 16.4. The molecule has 0 atom stereocenters. The van der Waals surface area contributed by atoms with E-state index in [0.717, 1.165) is 16.7 Å². The second-order valence-corrected chi connectivity index (χ2v) is 5.21. The van der Waals surface area contributed by atoms with Gasteiger partial charge in [-0.3, -0.25) is 4.79 Å². The van der Waals surface area contributed by atoms with Crippen molar-refractivity contribution in [2.75, 3.05) is 5.32 Å². The minimum atomic E-state index is -0.0340. The minimum Gasteiger partial charge on any atom is -0.416 e. The van der Waals surface area contributed by atoms with E-state index < -0.39 is 0 Å². The first-order chi connectivity index (χ1) is 11.2. The zero-order valence-electron chi connectivity index (χ0n) is 13.0. The van der Waals surface area contributed by atoms with Crippen molar-refractivity contribution in [1.82, 2.24) is 10.2 Å². The molecule has 0 spiro atoms. The van der Waals surface area contributed by atoms with E-state index in [2.05, 4.69) is 15.5 Å². The van der Waals surface area contributed by atoms with Gasteiger partial charge in [0.15, 0.2) is 0 Å². The van der Waals surface area contributed by atoms with Crippen molar-refractivity contribution in [3.05, 3.63) is 54.1 Å². The van der Waals surface area contributed by atoms with E-state index in [1.165, 1.54) is 0 Å². The summed E-state index contributed by atoms with van der Waals surface area (Å²) in [6, 6.07) is 15.2. The van der Waals surface area contributed by atoms with Gasteiger partial charge in [0.25, 0.3) is 0 Å². The lowest BCUT2D eigenvalue weighted by Crippen LogP contribution is -2.09. The molecule has 0 aliphatic carbocycles. The topological polar surface area (TPSA) is 68.0 Å². The number of nitrogens with zero attached hydrogens (tertiary/aromatic N) is 2. The van der Waals surface area contributed by atoms with Crippen LogP contribution in [0.2, 0.25) is 0 Å². The number of aromatic nitrogens is 2. The average molecular weight is 307 g/mol. The number of benzene rings is 2. The number of carbonyl (C=O) groups is 1. The van der Waals surface area contributed by atoms with Crippen molar-refractivity contribution in [2.24, 2.45) is 0 Å². The Balaban J connectivity index is 1.90. The Kier molecular flexibility index (Phi) is 4.19. The van der Waals surface area contributed by atoms with E-state index in [0.29, 0.717) is 23.9 Å². The summed E-state index contributed by atoms with van der Waals surface area (Å²) in [5, 5.41) is 11.1. The average Bonchev–Trinajstić information content (AvgIpc) is 3.05. The Labute approximate surface area is 134 Å². The molecule has 5 nitrogen and oxygen atoms in total. The van der Waals surface area contributed by atoms with Crippen molar-refractivity contribution < 1.29 is 9.21 Å². The largest absolute Gasteiger partial charge is 0.416 e. The second kappa shape index (κ2) is 6.44. The highest BCUT2D eigenvalue weighted by Crippen LogP contribution is 2.27. The van der Waals surface area contributed by atoms with Gasteiger partial charge in [0.1, 0.15) is 0 Å². The molecule has 1 aromatic heterocycles. The summed E-state index contributed by atoms with van der Waals surface area (Å²) in [4.78, 5) is 11.5. The van der Waals surface area contributed by atoms with Crippen LogP contribution in [-0.2, 0) is 4.79 Å². The first-order valence-electron chi connectivity index (χ1n) is 7.47. The Hall–Kier alpha value is -2.95. The third-order valence-electron chi connectivity index (χ3n) is 3.51. The van der Waals surface area contributed by atoms with E-state index in [9.17, 15) is 4.79 Å². The summed E-state index contributed by atoms with van der Waals surface area (Å²) in [5.74, 6) is 0.880. The summed E-state index contributed by atoms with van der Waals surface area (Å²) < 4.78 is 5.79. The molecule has 0 saturated heterocycles. The monoisotopic (exact) mass is 307 g/mol. The van der Waals surface area contributed by atoms with Crippen LogP contribution in [0.5, 0.6) is 0 Å². The highest BCUT2D eigenvalue weighted by molar-refractivity contribution is 5.91. The van der Waals surface area contributed by atoms with Gasteiger partial charge >= 0.3 is 0 Å². The Morgan fingerprint density at radius 3 is 2.65 bits per heavy atom. The Bertz CT molecular complexity index is 840. The summed E-state index contributed by atoms with van der Waals surface area (Å²) in [5.41, 5.74) is 3.48. The molecule has 0 fully saturated rings. The standard InChI is InChI=1S/C18H17N3O2/c1-3-16(22)19-14-9-6-8-13(11-14)17-20-21-18(23-17)15-10-5-4-7-12(15)2/h4-11H,3H2,1-2H3,(H,19,22). The van der Waals surface area contributed by atoms with Crippen LogP contribution in [0.3, 0.4) is 0 Å². The van der Waals surface area contributed by atoms with Gasteiger partial charge in [0.2, 0.25) is 17.7 Å². The lowest BCUT2D eigenvalue weighted by atomic mass is 10.1. The van der Waals surface area contributed by atoms with Gasteiger partial charge in [-0.25, -0.2) is 0 Å². The van der Waals surface area contributed by atoms with Crippen LogP contribution in [0.15, 0.2) is 52.9 Å². The molecule has 1 amide bonds. The normalized spacial score (nSPS) is 10.5. The molecule has 3 rings (SSSR count). The Morgan fingerprint density at radius 2 is 1.87 bits per heavy atom. The SMILES string of the molecule is CCC(=O)Nc1cccc(-c2nnc(-c3ccccc3C)o2)c1. The van der Waals surface area contributed by atoms with Crippen molar-refractivity contribution in [3.8, 4) is 22.9 Å². The van der Waals surface area contributed by atoms with E-state index in [1.54, 1.807) is 0 Å². The van der Waals surface area contributed by atoms with Crippen LogP contribution in [0.1, 0.15) is 18.9 Å². The fourth-order valence-electron chi connectivity index (χ4n) is 2.24. The van der Waals surface area contributed by atoms with Crippen molar-refractivity contribution in [2.45, 2.75) is 20.3 Å². The van der Waals surface area contributed by atoms with Crippen molar-refractivity contribution >= 4 is 11.6 Å². The van der Waals surface area contributed by atoms with Gasteiger partial charge in [-0.15, -0.1) is 10.2 Å². The molecule has 0 aliphatic rings. The third-order valence-corrected chi connectivity index (χ3v) is 3.51. The van der Waals surface area contributed by atoms with Crippen molar-refractivity contribution in [1.29, 1.82) is 0 Å². The molecule has 0 saturated carbocycles. The molecule has 2 aromatic carbocycles. The molecule has 0 aliphatic heterocycles. The number of hydrogen-bond acceptors (Lipinski definition) is 4. The van der Waals surface area contributed by atoms with Gasteiger partial charge in [-0.2, -0.15) is 0 Å². The summed E-state index contributed by atoms with van der Waals surface area (Å²) >= 11 is 0. The number of amides is 1. The van der Waals surface area contributed by atoms with E-state index in [1.807, 2.05) is 62.4 Å². The number of anilines is 1. The van der Waals surface area contributed by atoms with Gasteiger partial charge in [0.05, 0.1) is 0 Å². The molecule has 116 valence electrons.